The first-order valence-corrected chi connectivity index (χ1v) is 5.96. The van der Waals surface area contributed by atoms with Crippen LogP contribution in [-0.2, 0) is 4.79 Å². The number of aliphatic imine (C=N–C) groups is 1. The normalized spacial score (nSPS) is 11.6. The summed E-state index contributed by atoms with van der Waals surface area (Å²) in [6, 6.07) is 7.44. The maximum Gasteiger partial charge on any atom is 0.307 e. The van der Waals surface area contributed by atoms with Crippen molar-refractivity contribution in [3.05, 3.63) is 48.2 Å². The average Bonchev–Trinajstić information content (AvgIpc) is 2.39. The Morgan fingerprint density at radius 1 is 1.47 bits per heavy atom. The van der Waals surface area contributed by atoms with Crippen LogP contribution in [0.1, 0.15) is 18.9 Å². The van der Waals surface area contributed by atoms with Crippen LogP contribution in [0.15, 0.2) is 47.6 Å². The molecule has 0 bridgehead atoms. The molecular weight excluding hydrogens is 242 g/mol. The first-order chi connectivity index (χ1) is 9.22. The van der Waals surface area contributed by atoms with E-state index in [1.165, 1.54) is 0 Å². The smallest absolute Gasteiger partial charge is 0.307 e. The molecular formula is C15H17NO3. The molecule has 100 valence electrons. The fourth-order valence-electron chi connectivity index (χ4n) is 1.33. The van der Waals surface area contributed by atoms with Crippen molar-refractivity contribution >= 4 is 18.3 Å². The van der Waals surface area contributed by atoms with Crippen molar-refractivity contribution in [2.75, 3.05) is 6.61 Å². The van der Waals surface area contributed by atoms with Crippen molar-refractivity contribution in [2.45, 2.75) is 13.3 Å². The lowest BCUT2D eigenvalue weighted by Crippen LogP contribution is -1.97. The molecule has 1 aromatic carbocycles. The predicted molar refractivity (Wildman–Crippen MR) is 76.5 cm³/mol. The number of ether oxygens (including phenoxy) is 1. The van der Waals surface area contributed by atoms with Gasteiger partial charge in [-0.25, -0.2) is 0 Å². The summed E-state index contributed by atoms with van der Waals surface area (Å²) in [6.45, 7) is 2.29. The van der Waals surface area contributed by atoms with Crippen molar-refractivity contribution in [3.8, 4) is 5.75 Å². The highest BCUT2D eigenvalue weighted by molar-refractivity contribution is 5.70. The summed E-state index contributed by atoms with van der Waals surface area (Å²) in [5.74, 6) is -0.117. The van der Waals surface area contributed by atoms with Gasteiger partial charge in [0.05, 0.1) is 6.42 Å². The molecule has 0 unspecified atom stereocenters. The zero-order valence-corrected chi connectivity index (χ0v) is 10.8. The van der Waals surface area contributed by atoms with Gasteiger partial charge in [-0.2, -0.15) is 0 Å². The van der Waals surface area contributed by atoms with Gasteiger partial charge >= 0.3 is 5.97 Å². The average molecular weight is 259 g/mol. The Morgan fingerprint density at radius 3 is 3.05 bits per heavy atom. The van der Waals surface area contributed by atoms with E-state index in [-0.39, 0.29) is 6.42 Å². The zero-order chi connectivity index (χ0) is 13.9. The van der Waals surface area contributed by atoms with E-state index in [9.17, 15) is 4.79 Å². The summed E-state index contributed by atoms with van der Waals surface area (Å²) in [5.41, 5.74) is 0.907. The Morgan fingerprint density at radius 2 is 2.32 bits per heavy atom. The standard InChI is InChI=1S/C15H17NO3/c1-2-9-16-10-11-19-14-7-3-5-13(12-14)6-4-8-15(17)18/h2-7,9-10,12H,8,11H2,1H3,(H,17,18)/b6-4+,9-2+,16-10?. The molecule has 1 aromatic rings. The molecule has 0 aromatic heterocycles. The highest BCUT2D eigenvalue weighted by Crippen LogP contribution is 2.14. The quantitative estimate of drug-likeness (QED) is 0.765. The molecule has 0 saturated carbocycles. The van der Waals surface area contributed by atoms with Gasteiger partial charge in [0.25, 0.3) is 0 Å². The Kier molecular flexibility index (Phi) is 6.72. The van der Waals surface area contributed by atoms with Gasteiger partial charge in [0, 0.05) is 12.4 Å². The Labute approximate surface area is 112 Å². The molecule has 0 fully saturated rings. The molecule has 1 N–H and O–H groups in total. The van der Waals surface area contributed by atoms with Crippen LogP contribution in [0.2, 0.25) is 0 Å². The third kappa shape index (κ3) is 6.83. The van der Waals surface area contributed by atoms with E-state index in [0.717, 1.165) is 11.3 Å². The molecule has 0 atom stereocenters. The SMILES string of the molecule is C/C=C/N=CCOc1cccc(/C=C/CC(=O)O)c1. The Hall–Kier alpha value is -2.36. The van der Waals surface area contributed by atoms with Gasteiger partial charge in [0.1, 0.15) is 12.4 Å². The Bertz CT molecular complexity index is 490. The molecule has 4 nitrogen and oxygen atoms in total. The minimum Gasteiger partial charge on any atom is -0.488 e. The van der Waals surface area contributed by atoms with Gasteiger partial charge in [0.2, 0.25) is 0 Å². The number of carboxylic acids is 1. The van der Waals surface area contributed by atoms with E-state index >= 15 is 0 Å². The fourth-order valence-corrected chi connectivity index (χ4v) is 1.33. The first kappa shape index (κ1) is 14.7. The van der Waals surface area contributed by atoms with Crippen LogP contribution in [-0.4, -0.2) is 23.9 Å². The number of benzene rings is 1. The minimum atomic E-state index is -0.844. The second kappa shape index (κ2) is 8.69. The second-order valence-corrected chi connectivity index (χ2v) is 3.70. The molecule has 4 heteroatoms. The van der Waals surface area contributed by atoms with Gasteiger partial charge in [-0.1, -0.05) is 30.4 Å². The molecule has 0 aliphatic rings. The van der Waals surface area contributed by atoms with E-state index < -0.39 is 5.97 Å². The molecule has 1 rings (SSSR count). The Balaban J connectivity index is 2.52. The summed E-state index contributed by atoms with van der Waals surface area (Å²) in [7, 11) is 0. The van der Waals surface area contributed by atoms with E-state index in [1.54, 1.807) is 24.6 Å². The maximum atomic E-state index is 10.4. The van der Waals surface area contributed by atoms with Crippen LogP contribution in [0, 0.1) is 0 Å². The fraction of sp³-hybridized carbons (Fsp3) is 0.200. The number of hydrogen-bond donors (Lipinski definition) is 1. The van der Waals surface area contributed by atoms with Gasteiger partial charge in [-0.15, -0.1) is 0 Å². The molecule has 0 spiro atoms. The van der Waals surface area contributed by atoms with E-state index in [4.69, 9.17) is 9.84 Å². The summed E-state index contributed by atoms with van der Waals surface area (Å²) < 4.78 is 5.49. The molecule has 0 amide bonds. The van der Waals surface area contributed by atoms with Crippen molar-refractivity contribution in [2.24, 2.45) is 4.99 Å². The lowest BCUT2D eigenvalue weighted by molar-refractivity contribution is -0.135. The molecule has 0 radical (unpaired) electrons. The number of allylic oxidation sites excluding steroid dienone is 1. The van der Waals surface area contributed by atoms with Crippen molar-refractivity contribution in [1.82, 2.24) is 0 Å². The molecule has 19 heavy (non-hydrogen) atoms. The minimum absolute atomic E-state index is 0.0150. The largest absolute Gasteiger partial charge is 0.488 e. The van der Waals surface area contributed by atoms with Crippen LogP contribution in [0.25, 0.3) is 6.08 Å². The second-order valence-electron chi connectivity index (χ2n) is 3.70. The van der Waals surface area contributed by atoms with E-state index in [0.29, 0.717) is 6.61 Å². The van der Waals surface area contributed by atoms with Crippen LogP contribution < -0.4 is 4.74 Å². The van der Waals surface area contributed by atoms with Crippen LogP contribution in [0.5, 0.6) is 5.75 Å². The number of nitrogens with zero attached hydrogens (tertiary/aromatic N) is 1. The van der Waals surface area contributed by atoms with Crippen molar-refractivity contribution < 1.29 is 14.6 Å². The third-order valence-corrected chi connectivity index (χ3v) is 2.13. The third-order valence-electron chi connectivity index (χ3n) is 2.13. The maximum absolute atomic E-state index is 10.4. The monoisotopic (exact) mass is 259 g/mol. The highest BCUT2D eigenvalue weighted by Gasteiger charge is 1.94. The predicted octanol–water partition coefficient (Wildman–Crippen LogP) is 3.16. The van der Waals surface area contributed by atoms with E-state index in [1.807, 2.05) is 37.3 Å². The summed E-state index contributed by atoms with van der Waals surface area (Å²) in [5, 5.41) is 8.54. The van der Waals surface area contributed by atoms with Gasteiger partial charge < -0.3 is 9.84 Å². The van der Waals surface area contributed by atoms with Crippen LogP contribution in [0.3, 0.4) is 0 Å². The highest BCUT2D eigenvalue weighted by atomic mass is 16.5. The molecule has 0 saturated heterocycles. The number of rotatable bonds is 7. The van der Waals surface area contributed by atoms with Gasteiger partial charge in [-0.3, -0.25) is 9.79 Å². The van der Waals surface area contributed by atoms with Crippen molar-refractivity contribution in [1.29, 1.82) is 0 Å². The lowest BCUT2D eigenvalue weighted by Gasteiger charge is -2.03. The molecule has 0 aliphatic carbocycles. The summed E-state index contributed by atoms with van der Waals surface area (Å²) in [4.78, 5) is 14.4. The summed E-state index contributed by atoms with van der Waals surface area (Å²) in [6.07, 6.45) is 8.58. The number of carboxylic acid groups (broad SMARTS) is 1. The van der Waals surface area contributed by atoms with Crippen LogP contribution >= 0.6 is 0 Å². The lowest BCUT2D eigenvalue weighted by atomic mass is 10.2. The number of hydrogen-bond acceptors (Lipinski definition) is 3. The van der Waals surface area contributed by atoms with Crippen LogP contribution in [0.4, 0.5) is 0 Å². The number of carbonyl (C=O) groups is 1. The molecule has 0 aliphatic heterocycles. The van der Waals surface area contributed by atoms with Crippen molar-refractivity contribution in [3.63, 3.8) is 0 Å². The summed E-state index contributed by atoms with van der Waals surface area (Å²) >= 11 is 0. The topological polar surface area (TPSA) is 58.9 Å². The van der Waals surface area contributed by atoms with Gasteiger partial charge in [0.15, 0.2) is 0 Å². The first-order valence-electron chi connectivity index (χ1n) is 5.96. The molecule has 0 heterocycles. The van der Waals surface area contributed by atoms with E-state index in [2.05, 4.69) is 4.99 Å². The number of aliphatic carboxylic acids is 1. The zero-order valence-electron chi connectivity index (χ0n) is 10.8. The van der Waals surface area contributed by atoms with Gasteiger partial charge in [-0.05, 0) is 24.6 Å².